The normalized spacial score (nSPS) is 20.6. The van der Waals surface area contributed by atoms with Crippen molar-refractivity contribution in [2.24, 2.45) is 0 Å². The molecule has 1 fully saturated rings. The molecule has 0 saturated heterocycles. The lowest BCUT2D eigenvalue weighted by atomic mass is 9.91. The quantitative estimate of drug-likeness (QED) is 0.715. The van der Waals surface area contributed by atoms with Gasteiger partial charge in [0.05, 0.1) is 10.7 Å². The van der Waals surface area contributed by atoms with Crippen LogP contribution in [0.2, 0.25) is 5.02 Å². The monoisotopic (exact) mass is 445 g/mol. The molecule has 2 aromatic rings. The second-order valence-electron chi connectivity index (χ2n) is 8.69. The Balaban J connectivity index is 1.34. The van der Waals surface area contributed by atoms with E-state index < -0.39 is 5.82 Å². The fourth-order valence-electron chi connectivity index (χ4n) is 4.48. The van der Waals surface area contributed by atoms with Gasteiger partial charge in [0, 0.05) is 37.3 Å². The fourth-order valence-corrected chi connectivity index (χ4v) is 4.66. The number of nitrogens with one attached hydrogen (secondary N) is 2. The van der Waals surface area contributed by atoms with E-state index in [0.29, 0.717) is 11.5 Å². The van der Waals surface area contributed by atoms with Gasteiger partial charge in [0.2, 0.25) is 5.95 Å². The molecule has 1 aromatic heterocycles. The zero-order valence-corrected chi connectivity index (χ0v) is 18.8. The summed E-state index contributed by atoms with van der Waals surface area (Å²) in [5.41, 5.74) is 2.84. The lowest BCUT2D eigenvalue weighted by Crippen LogP contribution is -2.40. The van der Waals surface area contributed by atoms with Gasteiger partial charge in [-0.1, -0.05) is 11.6 Å². The van der Waals surface area contributed by atoms with Crippen molar-refractivity contribution in [3.63, 3.8) is 0 Å². The van der Waals surface area contributed by atoms with Crippen LogP contribution in [0.25, 0.3) is 0 Å². The van der Waals surface area contributed by atoms with Gasteiger partial charge in [-0.3, -0.25) is 4.79 Å². The lowest BCUT2D eigenvalue weighted by molar-refractivity contribution is 0.0926. The molecule has 1 heterocycles. The number of benzene rings is 1. The number of amides is 1. The first-order valence-corrected chi connectivity index (χ1v) is 11.4. The van der Waals surface area contributed by atoms with E-state index in [2.05, 4.69) is 15.5 Å². The van der Waals surface area contributed by atoms with Crippen LogP contribution in [-0.2, 0) is 12.8 Å². The van der Waals surface area contributed by atoms with Crippen molar-refractivity contribution < 1.29 is 9.18 Å². The van der Waals surface area contributed by atoms with Crippen LogP contribution in [0.5, 0.6) is 0 Å². The minimum atomic E-state index is -0.522. The minimum Gasteiger partial charge on any atom is -0.362 e. The van der Waals surface area contributed by atoms with E-state index in [0.717, 1.165) is 44.3 Å². The standard InChI is InChI=1S/C23H29ClFN5O/c1-30(2)21-17-5-3-4-6-20(17)28-23(29-21)27-16-10-8-15(9-11-16)26-22(31)14-7-12-19(25)18(24)13-14/h7,12-13,15-16H,3-6,8-11H2,1-2H3,(H,26,31)(H,27,28,29). The predicted molar refractivity (Wildman–Crippen MR) is 122 cm³/mol. The molecule has 0 spiro atoms. The Bertz CT molecular complexity index is 959. The summed E-state index contributed by atoms with van der Waals surface area (Å²) in [5, 5.41) is 6.53. The van der Waals surface area contributed by atoms with Crippen LogP contribution in [-0.4, -0.2) is 42.1 Å². The van der Waals surface area contributed by atoms with Crippen molar-refractivity contribution in [3.05, 3.63) is 45.9 Å². The Morgan fingerprint density at radius 3 is 2.52 bits per heavy atom. The summed E-state index contributed by atoms with van der Waals surface area (Å²) in [4.78, 5) is 24.1. The van der Waals surface area contributed by atoms with E-state index in [1.165, 1.54) is 42.3 Å². The molecule has 8 heteroatoms. The van der Waals surface area contributed by atoms with E-state index in [-0.39, 0.29) is 23.0 Å². The number of fused-ring (bicyclic) bond motifs is 1. The van der Waals surface area contributed by atoms with Crippen LogP contribution in [0.15, 0.2) is 18.2 Å². The molecule has 2 N–H and O–H groups in total. The number of halogens is 2. The van der Waals surface area contributed by atoms with Crippen LogP contribution in [0.1, 0.15) is 60.1 Å². The smallest absolute Gasteiger partial charge is 0.251 e. The van der Waals surface area contributed by atoms with Gasteiger partial charge in [-0.15, -0.1) is 0 Å². The molecule has 2 aliphatic carbocycles. The third-order valence-electron chi connectivity index (χ3n) is 6.16. The summed E-state index contributed by atoms with van der Waals surface area (Å²) in [6.07, 6.45) is 8.02. The SMILES string of the molecule is CN(C)c1nc(NC2CCC(NC(=O)c3ccc(F)c(Cl)c3)CC2)nc2c1CCCC2. The van der Waals surface area contributed by atoms with Gasteiger partial charge in [-0.2, -0.15) is 4.98 Å². The molecule has 6 nitrogen and oxygen atoms in total. The second-order valence-corrected chi connectivity index (χ2v) is 9.10. The van der Waals surface area contributed by atoms with E-state index in [9.17, 15) is 9.18 Å². The maximum absolute atomic E-state index is 13.3. The lowest BCUT2D eigenvalue weighted by Gasteiger charge is -2.30. The van der Waals surface area contributed by atoms with Gasteiger partial charge >= 0.3 is 0 Å². The van der Waals surface area contributed by atoms with Crippen LogP contribution in [0.3, 0.4) is 0 Å². The summed E-state index contributed by atoms with van der Waals surface area (Å²) in [6.45, 7) is 0. The van der Waals surface area contributed by atoms with Crippen LogP contribution in [0, 0.1) is 5.82 Å². The maximum Gasteiger partial charge on any atom is 0.251 e. The first-order valence-electron chi connectivity index (χ1n) is 11.0. The number of hydrogen-bond acceptors (Lipinski definition) is 5. The number of aryl methyl sites for hydroxylation is 1. The number of rotatable bonds is 5. The molecule has 0 radical (unpaired) electrons. The van der Waals surface area contributed by atoms with Crippen LogP contribution < -0.4 is 15.5 Å². The molecule has 1 aromatic carbocycles. The highest BCUT2D eigenvalue weighted by Gasteiger charge is 2.25. The molecule has 1 amide bonds. The van der Waals surface area contributed by atoms with Crippen molar-refractivity contribution >= 4 is 29.3 Å². The molecular formula is C23H29ClFN5O. The minimum absolute atomic E-state index is 0.0392. The average molecular weight is 446 g/mol. The highest BCUT2D eigenvalue weighted by Crippen LogP contribution is 2.29. The first kappa shape index (κ1) is 21.8. The highest BCUT2D eigenvalue weighted by atomic mass is 35.5. The summed E-state index contributed by atoms with van der Waals surface area (Å²) in [5.74, 6) is 0.988. The van der Waals surface area contributed by atoms with Crippen LogP contribution in [0.4, 0.5) is 16.2 Å². The topological polar surface area (TPSA) is 70.2 Å². The molecule has 0 bridgehead atoms. The van der Waals surface area contributed by atoms with E-state index in [1.54, 1.807) is 0 Å². The Hall–Kier alpha value is -2.41. The highest BCUT2D eigenvalue weighted by molar-refractivity contribution is 6.31. The Labute approximate surface area is 187 Å². The number of hydrogen-bond donors (Lipinski definition) is 2. The molecule has 1 saturated carbocycles. The van der Waals surface area contributed by atoms with Gasteiger partial charge in [0.25, 0.3) is 5.91 Å². The summed E-state index contributed by atoms with van der Waals surface area (Å²) in [6, 6.07) is 4.43. The molecule has 0 atom stereocenters. The maximum atomic E-state index is 13.3. The Morgan fingerprint density at radius 1 is 1.10 bits per heavy atom. The van der Waals surface area contributed by atoms with Gasteiger partial charge in [-0.25, -0.2) is 9.37 Å². The number of nitrogens with zero attached hydrogens (tertiary/aromatic N) is 3. The van der Waals surface area contributed by atoms with Gasteiger partial charge in [0.15, 0.2) is 0 Å². The zero-order chi connectivity index (χ0) is 22.0. The van der Waals surface area contributed by atoms with Gasteiger partial charge < -0.3 is 15.5 Å². The van der Waals surface area contributed by atoms with Crippen molar-refractivity contribution in [2.75, 3.05) is 24.3 Å². The van der Waals surface area contributed by atoms with Gasteiger partial charge in [0.1, 0.15) is 11.6 Å². The predicted octanol–water partition coefficient (Wildman–Crippen LogP) is 4.37. The van der Waals surface area contributed by atoms with E-state index >= 15 is 0 Å². The van der Waals surface area contributed by atoms with Crippen molar-refractivity contribution in [3.8, 4) is 0 Å². The number of carbonyl (C=O) groups is 1. The molecule has 0 aliphatic heterocycles. The molecule has 4 rings (SSSR count). The third kappa shape index (κ3) is 5.09. The second kappa shape index (κ2) is 9.39. The summed E-state index contributed by atoms with van der Waals surface area (Å²) < 4.78 is 13.3. The number of carbonyl (C=O) groups excluding carboxylic acids is 1. The molecule has 2 aliphatic rings. The third-order valence-corrected chi connectivity index (χ3v) is 6.45. The van der Waals surface area contributed by atoms with Crippen LogP contribution >= 0.6 is 11.6 Å². The largest absolute Gasteiger partial charge is 0.362 e. The van der Waals surface area contributed by atoms with Crippen molar-refractivity contribution in [1.82, 2.24) is 15.3 Å². The van der Waals surface area contributed by atoms with E-state index in [1.807, 2.05) is 14.1 Å². The van der Waals surface area contributed by atoms with E-state index in [4.69, 9.17) is 21.6 Å². The zero-order valence-electron chi connectivity index (χ0n) is 18.0. The van der Waals surface area contributed by atoms with Crippen molar-refractivity contribution in [1.29, 1.82) is 0 Å². The van der Waals surface area contributed by atoms with Crippen molar-refractivity contribution in [2.45, 2.75) is 63.5 Å². The fraction of sp³-hybridized carbons (Fsp3) is 0.522. The first-order chi connectivity index (χ1) is 14.9. The molecule has 31 heavy (non-hydrogen) atoms. The van der Waals surface area contributed by atoms with Gasteiger partial charge in [-0.05, 0) is 69.6 Å². The molecule has 0 unspecified atom stereocenters. The number of aromatic nitrogens is 2. The molecular weight excluding hydrogens is 417 g/mol. The number of anilines is 2. The molecule has 166 valence electrons. The summed E-state index contributed by atoms with van der Waals surface area (Å²) >= 11 is 5.79. The Kier molecular flexibility index (Phi) is 6.60. The average Bonchev–Trinajstić information content (AvgIpc) is 2.76. The summed E-state index contributed by atoms with van der Waals surface area (Å²) in [7, 11) is 4.06. The Morgan fingerprint density at radius 2 is 1.81 bits per heavy atom.